The molecule has 2 nitrogen and oxygen atoms in total. The number of ketones is 1. The topological polar surface area (TPSA) is 26.3 Å². The van der Waals surface area contributed by atoms with Crippen LogP contribution in [-0.4, -0.2) is 18.0 Å². The number of rotatable bonds is 0. The molecule has 1 aliphatic carbocycles. The van der Waals surface area contributed by atoms with E-state index in [2.05, 4.69) is 13.8 Å². The molecule has 2 rings (SSSR count). The van der Waals surface area contributed by atoms with Crippen molar-refractivity contribution >= 4 is 5.78 Å². The van der Waals surface area contributed by atoms with Gasteiger partial charge >= 0.3 is 0 Å². The number of hydrogen-bond donors (Lipinski definition) is 0. The number of carbonyl (C=O) groups is 1. The Bertz CT molecular complexity index is 274. The van der Waals surface area contributed by atoms with E-state index in [9.17, 15) is 4.79 Å². The fourth-order valence-corrected chi connectivity index (χ4v) is 2.14. The van der Waals surface area contributed by atoms with E-state index in [0.29, 0.717) is 24.7 Å². The highest BCUT2D eigenvalue weighted by atomic mass is 16.5. The maximum absolute atomic E-state index is 11.4. The van der Waals surface area contributed by atoms with E-state index in [0.717, 1.165) is 5.57 Å². The van der Waals surface area contributed by atoms with Crippen LogP contribution in [0.25, 0.3) is 0 Å². The number of allylic oxidation sites excluding steroid dienone is 1. The zero-order valence-electron chi connectivity index (χ0n) is 7.81. The monoisotopic (exact) mass is 166 g/mol. The molecule has 0 aromatic heterocycles. The molecule has 0 bridgehead atoms. The van der Waals surface area contributed by atoms with E-state index >= 15 is 0 Å². The van der Waals surface area contributed by atoms with Crippen LogP contribution in [0.4, 0.5) is 0 Å². The van der Waals surface area contributed by atoms with Gasteiger partial charge in [0, 0.05) is 12.3 Å². The molecule has 0 spiro atoms. The molecule has 1 fully saturated rings. The van der Waals surface area contributed by atoms with Gasteiger partial charge in [-0.2, -0.15) is 0 Å². The smallest absolute Gasteiger partial charge is 0.159 e. The third-order valence-corrected chi connectivity index (χ3v) is 3.15. The summed E-state index contributed by atoms with van der Waals surface area (Å²) in [4.78, 5) is 11.4. The van der Waals surface area contributed by atoms with Crippen LogP contribution in [0.5, 0.6) is 0 Å². The summed E-state index contributed by atoms with van der Waals surface area (Å²) in [6.45, 7) is 6.71. The molecule has 1 aliphatic heterocycles. The van der Waals surface area contributed by atoms with Gasteiger partial charge in [0.2, 0.25) is 0 Å². The van der Waals surface area contributed by atoms with Crippen LogP contribution in [0, 0.1) is 5.92 Å². The van der Waals surface area contributed by atoms with Crippen LogP contribution >= 0.6 is 0 Å². The first-order valence-corrected chi connectivity index (χ1v) is 4.39. The standard InChI is InChI=1S/C10H14O2/c1-6-7-5-12-10(2,3)8(7)4-9(6)11/h8H,4-5H2,1-3H3. The Hall–Kier alpha value is -0.630. The first kappa shape index (κ1) is 7.99. The summed E-state index contributed by atoms with van der Waals surface area (Å²) in [5, 5.41) is 0. The van der Waals surface area contributed by atoms with Crippen LogP contribution in [0.1, 0.15) is 27.2 Å². The molecular weight excluding hydrogens is 152 g/mol. The van der Waals surface area contributed by atoms with Gasteiger partial charge in [0.15, 0.2) is 5.78 Å². The zero-order chi connectivity index (χ0) is 8.93. The number of Topliss-reactive ketones (excluding diaryl/α,β-unsaturated/α-hetero) is 1. The minimum absolute atomic E-state index is 0.122. The molecule has 1 atom stereocenters. The number of hydrogen-bond acceptors (Lipinski definition) is 2. The van der Waals surface area contributed by atoms with Crippen molar-refractivity contribution in [3.8, 4) is 0 Å². The van der Waals surface area contributed by atoms with Crippen molar-refractivity contribution in [2.45, 2.75) is 32.8 Å². The highest BCUT2D eigenvalue weighted by molar-refractivity contribution is 5.99. The van der Waals surface area contributed by atoms with Gasteiger partial charge in [0.1, 0.15) is 0 Å². The predicted molar refractivity (Wildman–Crippen MR) is 45.8 cm³/mol. The van der Waals surface area contributed by atoms with Crippen LogP contribution < -0.4 is 0 Å². The highest BCUT2D eigenvalue weighted by Crippen LogP contribution is 2.44. The minimum atomic E-state index is -0.122. The van der Waals surface area contributed by atoms with Crippen LogP contribution in [0.15, 0.2) is 11.1 Å². The summed E-state index contributed by atoms with van der Waals surface area (Å²) in [5.74, 6) is 0.663. The van der Waals surface area contributed by atoms with Crippen molar-refractivity contribution in [2.24, 2.45) is 5.92 Å². The summed E-state index contributed by atoms with van der Waals surface area (Å²) in [7, 11) is 0. The van der Waals surface area contributed by atoms with Gasteiger partial charge in [-0.05, 0) is 31.9 Å². The Labute approximate surface area is 72.6 Å². The summed E-state index contributed by atoms with van der Waals surface area (Å²) < 4.78 is 5.62. The van der Waals surface area contributed by atoms with Crippen molar-refractivity contribution in [3.05, 3.63) is 11.1 Å². The van der Waals surface area contributed by atoms with Gasteiger partial charge in [0.05, 0.1) is 12.2 Å². The van der Waals surface area contributed by atoms with E-state index in [4.69, 9.17) is 4.74 Å². The lowest BCUT2D eigenvalue weighted by Crippen LogP contribution is -2.27. The Morgan fingerprint density at radius 3 is 2.75 bits per heavy atom. The summed E-state index contributed by atoms with van der Waals surface area (Å²) >= 11 is 0. The second kappa shape index (κ2) is 2.19. The zero-order valence-corrected chi connectivity index (χ0v) is 7.81. The normalized spacial score (nSPS) is 32.9. The Morgan fingerprint density at radius 2 is 2.17 bits per heavy atom. The molecule has 2 aliphatic rings. The first-order valence-electron chi connectivity index (χ1n) is 4.39. The van der Waals surface area contributed by atoms with E-state index in [1.165, 1.54) is 5.57 Å². The van der Waals surface area contributed by atoms with Crippen LogP contribution in [0.3, 0.4) is 0 Å². The Kier molecular flexibility index (Phi) is 1.46. The van der Waals surface area contributed by atoms with Crippen molar-refractivity contribution in [2.75, 3.05) is 6.61 Å². The van der Waals surface area contributed by atoms with E-state index < -0.39 is 0 Å². The summed E-state index contributed by atoms with van der Waals surface area (Å²) in [6.07, 6.45) is 0.661. The molecular formula is C10H14O2. The van der Waals surface area contributed by atoms with Crippen LogP contribution in [-0.2, 0) is 9.53 Å². The molecule has 66 valence electrons. The fourth-order valence-electron chi connectivity index (χ4n) is 2.14. The minimum Gasteiger partial charge on any atom is -0.371 e. The molecule has 0 radical (unpaired) electrons. The fraction of sp³-hybridized carbons (Fsp3) is 0.700. The third-order valence-electron chi connectivity index (χ3n) is 3.15. The van der Waals surface area contributed by atoms with E-state index in [1.807, 2.05) is 6.92 Å². The van der Waals surface area contributed by atoms with E-state index in [-0.39, 0.29) is 5.60 Å². The lowest BCUT2D eigenvalue weighted by molar-refractivity contribution is -0.116. The second-order valence-electron chi connectivity index (χ2n) is 4.22. The Morgan fingerprint density at radius 1 is 1.50 bits per heavy atom. The SMILES string of the molecule is CC1=C2COC(C)(C)C2CC1=O. The molecule has 1 heterocycles. The van der Waals surface area contributed by atoms with Crippen molar-refractivity contribution in [1.29, 1.82) is 0 Å². The van der Waals surface area contributed by atoms with Crippen molar-refractivity contribution in [3.63, 3.8) is 0 Å². The quantitative estimate of drug-likeness (QED) is 0.547. The second-order valence-corrected chi connectivity index (χ2v) is 4.22. The number of ether oxygens (including phenoxy) is 1. The van der Waals surface area contributed by atoms with Gasteiger partial charge in [0.25, 0.3) is 0 Å². The average molecular weight is 166 g/mol. The van der Waals surface area contributed by atoms with Gasteiger partial charge in [-0.3, -0.25) is 4.79 Å². The largest absolute Gasteiger partial charge is 0.371 e. The molecule has 0 saturated carbocycles. The molecule has 1 unspecified atom stereocenters. The predicted octanol–water partition coefficient (Wildman–Crippen LogP) is 1.70. The third kappa shape index (κ3) is 0.876. The molecule has 2 heteroatoms. The van der Waals surface area contributed by atoms with Gasteiger partial charge in [-0.1, -0.05) is 0 Å². The van der Waals surface area contributed by atoms with Crippen molar-refractivity contribution < 1.29 is 9.53 Å². The number of carbonyl (C=O) groups excluding carboxylic acids is 1. The molecule has 0 amide bonds. The molecule has 0 N–H and O–H groups in total. The summed E-state index contributed by atoms with van der Waals surface area (Å²) in [6, 6.07) is 0. The summed E-state index contributed by atoms with van der Waals surface area (Å²) in [5.41, 5.74) is 2.07. The first-order chi connectivity index (χ1) is 5.52. The van der Waals surface area contributed by atoms with Gasteiger partial charge in [-0.15, -0.1) is 0 Å². The van der Waals surface area contributed by atoms with Gasteiger partial charge in [-0.25, -0.2) is 0 Å². The van der Waals surface area contributed by atoms with Crippen LogP contribution in [0.2, 0.25) is 0 Å². The molecule has 12 heavy (non-hydrogen) atoms. The molecule has 0 aromatic carbocycles. The van der Waals surface area contributed by atoms with E-state index in [1.54, 1.807) is 0 Å². The Balaban J connectivity index is 2.40. The number of fused-ring (bicyclic) bond motifs is 1. The lowest BCUT2D eigenvalue weighted by Gasteiger charge is -2.22. The highest BCUT2D eigenvalue weighted by Gasteiger charge is 2.45. The lowest BCUT2D eigenvalue weighted by atomic mass is 9.88. The average Bonchev–Trinajstić information content (AvgIpc) is 2.40. The molecule has 1 saturated heterocycles. The molecule has 0 aromatic rings. The van der Waals surface area contributed by atoms with Gasteiger partial charge < -0.3 is 4.74 Å². The maximum atomic E-state index is 11.4. The maximum Gasteiger partial charge on any atom is 0.159 e. The van der Waals surface area contributed by atoms with Crippen molar-refractivity contribution in [1.82, 2.24) is 0 Å².